The highest BCUT2D eigenvalue weighted by Crippen LogP contribution is 2.41. The van der Waals surface area contributed by atoms with Gasteiger partial charge in [-0.1, -0.05) is 146 Å². The SMILES string of the molecule is c1ccc(-c2nc(-c3ccc(-c4c5ccccc5cc5c4ccc4ccccc45)cc3)nc(-c3cccc4c3sc3ccccc34)n2)cc1. The van der Waals surface area contributed by atoms with Gasteiger partial charge in [-0.05, 0) is 61.6 Å². The second-order valence-corrected chi connectivity index (χ2v) is 13.4. The fraction of sp³-hybridized carbons (Fsp3) is 0. The predicted octanol–water partition coefficient (Wildman–Crippen LogP) is 12.4. The third kappa shape index (κ3) is 4.61. The molecule has 3 nitrogen and oxygen atoms in total. The van der Waals surface area contributed by atoms with E-state index in [2.05, 4.69) is 146 Å². The molecule has 0 aliphatic heterocycles. The van der Waals surface area contributed by atoms with Crippen LogP contribution in [0.15, 0.2) is 164 Å². The maximum absolute atomic E-state index is 5.14. The van der Waals surface area contributed by atoms with E-state index in [4.69, 9.17) is 15.0 Å². The van der Waals surface area contributed by atoms with Gasteiger partial charge in [0.1, 0.15) is 0 Å². The van der Waals surface area contributed by atoms with Crippen LogP contribution in [0.1, 0.15) is 0 Å². The van der Waals surface area contributed by atoms with Gasteiger partial charge in [-0.25, -0.2) is 15.0 Å². The Kier molecular flexibility index (Phi) is 6.36. The topological polar surface area (TPSA) is 38.7 Å². The van der Waals surface area contributed by atoms with Crippen LogP contribution in [0, 0.1) is 0 Å². The van der Waals surface area contributed by atoms with Crippen LogP contribution in [0.2, 0.25) is 0 Å². The van der Waals surface area contributed by atoms with Crippen molar-refractivity contribution in [3.8, 4) is 45.3 Å². The standard InChI is InChI=1S/C45H27N3S/c1-2-12-30(13-3-1)43-46-44(48-45(47-43)38-19-10-18-37-35-17-8-9-20-40(35)49-42(37)38)31-23-21-29(22-24-31)41-34-16-7-5-14-32(34)27-39-33-15-6-4-11-28(33)25-26-36(39)41/h1-27H. The molecule has 0 saturated carbocycles. The summed E-state index contributed by atoms with van der Waals surface area (Å²) in [4.78, 5) is 15.2. The molecule has 49 heavy (non-hydrogen) atoms. The minimum absolute atomic E-state index is 0.655. The first-order valence-electron chi connectivity index (χ1n) is 16.4. The molecule has 10 aromatic rings. The van der Waals surface area contributed by atoms with E-state index in [1.54, 1.807) is 11.3 Å². The predicted molar refractivity (Wildman–Crippen MR) is 207 cm³/mol. The quantitative estimate of drug-likeness (QED) is 0.142. The van der Waals surface area contributed by atoms with Crippen molar-refractivity contribution in [2.24, 2.45) is 0 Å². The van der Waals surface area contributed by atoms with E-state index in [0.717, 1.165) is 22.3 Å². The summed E-state index contributed by atoms with van der Waals surface area (Å²) in [5.74, 6) is 1.99. The molecule has 0 aliphatic carbocycles. The third-order valence-electron chi connectivity index (χ3n) is 9.51. The Bertz CT molecular complexity index is 2870. The molecule has 0 amide bonds. The highest BCUT2D eigenvalue weighted by molar-refractivity contribution is 7.26. The van der Waals surface area contributed by atoms with E-state index in [9.17, 15) is 0 Å². The summed E-state index contributed by atoms with van der Waals surface area (Å²) in [6.07, 6.45) is 0. The average Bonchev–Trinajstić information content (AvgIpc) is 3.56. The van der Waals surface area contributed by atoms with E-state index in [-0.39, 0.29) is 0 Å². The Morgan fingerprint density at radius 3 is 1.78 bits per heavy atom. The van der Waals surface area contributed by atoms with Crippen LogP contribution in [0.4, 0.5) is 0 Å². The van der Waals surface area contributed by atoms with Crippen LogP contribution >= 0.6 is 11.3 Å². The van der Waals surface area contributed by atoms with Crippen LogP contribution in [0.5, 0.6) is 0 Å². The second-order valence-electron chi connectivity index (χ2n) is 12.4. The molecular weight excluding hydrogens is 615 g/mol. The van der Waals surface area contributed by atoms with Crippen molar-refractivity contribution in [3.05, 3.63) is 164 Å². The van der Waals surface area contributed by atoms with Gasteiger partial charge < -0.3 is 0 Å². The molecule has 0 atom stereocenters. The highest BCUT2D eigenvalue weighted by atomic mass is 32.1. The molecular formula is C45H27N3S. The van der Waals surface area contributed by atoms with E-state index < -0.39 is 0 Å². The van der Waals surface area contributed by atoms with E-state index in [1.165, 1.54) is 58.1 Å². The zero-order valence-electron chi connectivity index (χ0n) is 26.3. The van der Waals surface area contributed by atoms with Crippen LogP contribution in [0.3, 0.4) is 0 Å². The number of benzene rings is 8. The van der Waals surface area contributed by atoms with Gasteiger partial charge >= 0.3 is 0 Å². The molecule has 4 heteroatoms. The number of thiophene rings is 1. The van der Waals surface area contributed by atoms with Crippen LogP contribution in [0.25, 0.3) is 97.8 Å². The molecule has 10 rings (SSSR count). The first-order chi connectivity index (χ1) is 24.3. The highest BCUT2D eigenvalue weighted by Gasteiger charge is 2.17. The van der Waals surface area contributed by atoms with Gasteiger partial charge in [-0.3, -0.25) is 0 Å². The summed E-state index contributed by atoms with van der Waals surface area (Å²) in [5, 5.41) is 9.98. The molecule has 228 valence electrons. The molecule has 0 aliphatic rings. The van der Waals surface area contributed by atoms with E-state index >= 15 is 0 Å². The fourth-order valence-corrected chi connectivity index (χ4v) is 8.39. The normalized spacial score (nSPS) is 11.7. The third-order valence-corrected chi connectivity index (χ3v) is 10.7. The lowest BCUT2D eigenvalue weighted by molar-refractivity contribution is 1.08. The van der Waals surface area contributed by atoms with Crippen molar-refractivity contribution in [3.63, 3.8) is 0 Å². The lowest BCUT2D eigenvalue weighted by atomic mass is 9.89. The van der Waals surface area contributed by atoms with Crippen LogP contribution in [-0.2, 0) is 0 Å². The molecule has 2 aromatic heterocycles. The zero-order chi connectivity index (χ0) is 32.3. The summed E-state index contributed by atoms with van der Waals surface area (Å²) < 4.78 is 2.44. The first-order valence-corrected chi connectivity index (χ1v) is 17.3. The Balaban J connectivity index is 1.16. The van der Waals surface area contributed by atoms with Gasteiger partial charge in [0.2, 0.25) is 0 Å². The Morgan fingerprint density at radius 1 is 0.347 bits per heavy atom. The maximum Gasteiger partial charge on any atom is 0.165 e. The van der Waals surface area contributed by atoms with Crippen LogP contribution in [-0.4, -0.2) is 15.0 Å². The molecule has 0 fully saturated rings. The van der Waals surface area contributed by atoms with Gasteiger partial charge in [-0.2, -0.15) is 0 Å². The molecule has 8 aromatic carbocycles. The Morgan fingerprint density at radius 2 is 0.959 bits per heavy atom. The van der Waals surface area contributed by atoms with Crippen molar-refractivity contribution in [2.45, 2.75) is 0 Å². The molecule has 0 unspecified atom stereocenters. The number of aromatic nitrogens is 3. The summed E-state index contributed by atoms with van der Waals surface area (Å²) in [5.41, 5.74) is 5.33. The maximum atomic E-state index is 5.14. The van der Waals surface area contributed by atoms with Crippen molar-refractivity contribution in [2.75, 3.05) is 0 Å². The Hall–Kier alpha value is -6.23. The minimum atomic E-state index is 0.655. The summed E-state index contributed by atoms with van der Waals surface area (Å²) >= 11 is 1.79. The van der Waals surface area contributed by atoms with Crippen molar-refractivity contribution in [1.82, 2.24) is 15.0 Å². The number of hydrogen-bond donors (Lipinski definition) is 0. The number of nitrogens with zero attached hydrogens (tertiary/aromatic N) is 3. The van der Waals surface area contributed by atoms with Gasteiger partial charge in [0.25, 0.3) is 0 Å². The average molecular weight is 642 g/mol. The van der Waals surface area contributed by atoms with Gasteiger partial charge in [0, 0.05) is 36.9 Å². The number of rotatable bonds is 4. The van der Waals surface area contributed by atoms with Gasteiger partial charge in [0.15, 0.2) is 17.5 Å². The second kappa shape index (κ2) is 11.2. The molecule has 2 heterocycles. The van der Waals surface area contributed by atoms with E-state index in [1.807, 2.05) is 18.2 Å². The number of hydrogen-bond acceptors (Lipinski definition) is 4. The molecule has 0 saturated heterocycles. The number of fused-ring (bicyclic) bond motifs is 7. The summed E-state index contributed by atoms with van der Waals surface area (Å²) in [6.45, 7) is 0. The van der Waals surface area contributed by atoms with Crippen molar-refractivity contribution >= 4 is 63.8 Å². The molecule has 0 N–H and O–H groups in total. The lowest BCUT2D eigenvalue weighted by Gasteiger charge is -2.14. The summed E-state index contributed by atoms with van der Waals surface area (Å²) in [7, 11) is 0. The van der Waals surface area contributed by atoms with Gasteiger partial charge in [0.05, 0.1) is 0 Å². The minimum Gasteiger partial charge on any atom is -0.208 e. The molecule has 0 radical (unpaired) electrons. The largest absolute Gasteiger partial charge is 0.208 e. The monoisotopic (exact) mass is 641 g/mol. The Labute approximate surface area is 286 Å². The smallest absolute Gasteiger partial charge is 0.165 e. The lowest BCUT2D eigenvalue weighted by Crippen LogP contribution is -2.00. The zero-order valence-corrected chi connectivity index (χ0v) is 27.2. The van der Waals surface area contributed by atoms with E-state index in [0.29, 0.717) is 17.5 Å². The van der Waals surface area contributed by atoms with Crippen molar-refractivity contribution in [1.29, 1.82) is 0 Å². The van der Waals surface area contributed by atoms with Crippen molar-refractivity contribution < 1.29 is 0 Å². The molecule has 0 spiro atoms. The van der Waals surface area contributed by atoms with Gasteiger partial charge in [-0.15, -0.1) is 11.3 Å². The first kappa shape index (κ1) is 27.8. The summed E-state index contributed by atoms with van der Waals surface area (Å²) in [6, 6.07) is 58.1. The molecule has 0 bridgehead atoms. The van der Waals surface area contributed by atoms with Crippen LogP contribution < -0.4 is 0 Å². The fourth-order valence-electron chi connectivity index (χ4n) is 7.18.